The number of nitrogens with one attached hydrogen (secondary N) is 1. The lowest BCUT2D eigenvalue weighted by Crippen LogP contribution is -2.47. The molecule has 0 radical (unpaired) electrons. The summed E-state index contributed by atoms with van der Waals surface area (Å²) in [6.07, 6.45) is 5.72. The van der Waals surface area contributed by atoms with E-state index in [1.54, 1.807) is 13.9 Å². The zero-order chi connectivity index (χ0) is 34.6. The molecule has 0 bridgehead atoms. The van der Waals surface area contributed by atoms with Gasteiger partial charge in [-0.25, -0.2) is 18.2 Å². The van der Waals surface area contributed by atoms with Gasteiger partial charge in [0.1, 0.15) is 5.65 Å². The van der Waals surface area contributed by atoms with E-state index in [0.717, 1.165) is 76.9 Å². The number of rotatable bonds is 5. The number of aliphatic carboxylic acids is 1. The van der Waals surface area contributed by atoms with E-state index >= 15 is 0 Å². The van der Waals surface area contributed by atoms with Crippen LogP contribution < -0.4 is 4.90 Å². The average Bonchev–Trinajstić information content (AvgIpc) is 3.81. The van der Waals surface area contributed by atoms with Crippen molar-refractivity contribution in [3.05, 3.63) is 54.0 Å². The van der Waals surface area contributed by atoms with Gasteiger partial charge < -0.3 is 15.0 Å². The molecule has 1 aromatic carbocycles. The van der Waals surface area contributed by atoms with Crippen molar-refractivity contribution in [3.63, 3.8) is 0 Å². The maximum absolute atomic E-state index is 13.7. The molecule has 5 heterocycles. The number of aryl methyl sites for hydroxylation is 1. The van der Waals surface area contributed by atoms with E-state index in [0.29, 0.717) is 26.2 Å². The first-order chi connectivity index (χ1) is 22.6. The van der Waals surface area contributed by atoms with E-state index in [9.17, 15) is 26.4 Å². The molecule has 256 valence electrons. The number of sulfonamides is 1. The van der Waals surface area contributed by atoms with Gasteiger partial charge in [-0.15, -0.1) is 0 Å². The molecule has 3 aliphatic rings. The molecule has 48 heavy (non-hydrogen) atoms. The first-order valence-electron chi connectivity index (χ1n) is 15.5. The molecule has 3 aromatic heterocycles. The van der Waals surface area contributed by atoms with Crippen LogP contribution in [0.1, 0.15) is 36.8 Å². The molecular formula is C32H36F3N7O5S. The Bertz CT molecular complexity index is 1970. The molecule has 12 nitrogen and oxygen atoms in total. The quantitative estimate of drug-likeness (QED) is 0.319. The number of pyridine rings is 1. The number of alkyl halides is 3. The van der Waals surface area contributed by atoms with E-state index < -0.39 is 27.6 Å². The summed E-state index contributed by atoms with van der Waals surface area (Å²) in [7, 11) is 0.638. The Morgan fingerprint density at radius 3 is 2.19 bits per heavy atom. The van der Waals surface area contributed by atoms with Gasteiger partial charge in [-0.2, -0.15) is 22.6 Å². The van der Waals surface area contributed by atoms with Crippen molar-refractivity contribution in [1.29, 1.82) is 0 Å². The number of halogens is 3. The second-order valence-electron chi connectivity index (χ2n) is 12.6. The van der Waals surface area contributed by atoms with Crippen molar-refractivity contribution < 1.29 is 36.3 Å². The maximum Gasteiger partial charge on any atom is 0.490 e. The van der Waals surface area contributed by atoms with Crippen molar-refractivity contribution in [2.45, 2.75) is 43.8 Å². The third-order valence-electron chi connectivity index (χ3n) is 9.50. The summed E-state index contributed by atoms with van der Waals surface area (Å²) in [6, 6.07) is 8.63. The number of aromatic nitrogens is 4. The van der Waals surface area contributed by atoms with Crippen LogP contribution in [0.3, 0.4) is 0 Å². The monoisotopic (exact) mass is 687 g/mol. The zero-order valence-corrected chi connectivity index (χ0v) is 27.5. The summed E-state index contributed by atoms with van der Waals surface area (Å²) in [4.78, 5) is 35.1. The number of hydrogen-bond donors (Lipinski definition) is 2. The third-order valence-corrected chi connectivity index (χ3v) is 10.8. The highest BCUT2D eigenvalue weighted by Crippen LogP contribution is 2.55. The summed E-state index contributed by atoms with van der Waals surface area (Å²) in [5.74, 6) is -2.58. The highest BCUT2D eigenvalue weighted by atomic mass is 32.2. The molecule has 1 aliphatic carbocycles. The van der Waals surface area contributed by atoms with Gasteiger partial charge in [-0.1, -0.05) is 37.1 Å². The largest absolute Gasteiger partial charge is 0.490 e. The molecule has 0 atom stereocenters. The molecule has 2 fully saturated rings. The first-order valence-corrected chi connectivity index (χ1v) is 17.3. The van der Waals surface area contributed by atoms with Gasteiger partial charge in [0.25, 0.3) is 0 Å². The number of likely N-dealkylation sites (N-methyl/N-ethyl adjacent to an activating group) is 1. The minimum atomic E-state index is -5.08. The van der Waals surface area contributed by atoms with Crippen LogP contribution >= 0.6 is 0 Å². The number of benzene rings is 1. The van der Waals surface area contributed by atoms with Crippen molar-refractivity contribution in [1.82, 2.24) is 29.0 Å². The van der Waals surface area contributed by atoms with E-state index in [2.05, 4.69) is 39.2 Å². The molecule has 0 unspecified atom stereocenters. The lowest BCUT2D eigenvalue weighted by atomic mass is 9.78. The Labute approximate surface area is 275 Å². The molecule has 16 heteroatoms. The SMILES string of the molecule is CN1C(=O)C2(CCCC2)c2c1cnc1[nH]c(-c3cnn(C)c3)c(-c3ccc(CN4CCN(S(C)(=O)=O)CC4)cc3)c21.O=C(O)C(F)(F)F. The van der Waals surface area contributed by atoms with E-state index in [4.69, 9.17) is 14.9 Å². The van der Waals surface area contributed by atoms with Crippen molar-refractivity contribution in [2.24, 2.45) is 7.05 Å². The Morgan fingerprint density at radius 2 is 1.65 bits per heavy atom. The predicted octanol–water partition coefficient (Wildman–Crippen LogP) is 4.13. The van der Waals surface area contributed by atoms with Crippen molar-refractivity contribution >= 4 is 38.6 Å². The smallest absolute Gasteiger partial charge is 0.475 e. The molecule has 1 amide bonds. The van der Waals surface area contributed by atoms with Crippen LogP contribution in [0.5, 0.6) is 0 Å². The van der Waals surface area contributed by atoms with Gasteiger partial charge in [-0.3, -0.25) is 14.4 Å². The Hall–Kier alpha value is -4.28. The fourth-order valence-corrected chi connectivity index (χ4v) is 8.00. The highest BCUT2D eigenvalue weighted by Gasteiger charge is 2.53. The predicted molar refractivity (Wildman–Crippen MR) is 173 cm³/mol. The lowest BCUT2D eigenvalue weighted by Gasteiger charge is -2.33. The van der Waals surface area contributed by atoms with Crippen LogP contribution in [0.25, 0.3) is 33.4 Å². The number of aromatic amines is 1. The summed E-state index contributed by atoms with van der Waals surface area (Å²) in [5.41, 5.74) is 7.53. The summed E-state index contributed by atoms with van der Waals surface area (Å²) < 4.78 is 58.9. The number of amides is 1. The van der Waals surface area contributed by atoms with Crippen LogP contribution in [-0.2, 0) is 38.6 Å². The highest BCUT2D eigenvalue weighted by molar-refractivity contribution is 7.88. The Kier molecular flexibility index (Phi) is 8.62. The van der Waals surface area contributed by atoms with Crippen LogP contribution in [0.2, 0.25) is 0 Å². The van der Waals surface area contributed by atoms with Crippen LogP contribution in [0.4, 0.5) is 18.9 Å². The summed E-state index contributed by atoms with van der Waals surface area (Å²) >= 11 is 0. The van der Waals surface area contributed by atoms with Gasteiger partial charge in [0.05, 0.1) is 35.4 Å². The van der Waals surface area contributed by atoms with Gasteiger partial charge in [-0.05, 0) is 24.0 Å². The number of fused-ring (bicyclic) bond motifs is 4. The molecule has 7 rings (SSSR count). The second kappa shape index (κ2) is 12.3. The van der Waals surface area contributed by atoms with Crippen LogP contribution in [-0.4, -0.2) is 100 Å². The Morgan fingerprint density at radius 1 is 1.02 bits per heavy atom. The third kappa shape index (κ3) is 6.07. The van der Waals surface area contributed by atoms with Crippen LogP contribution in [0, 0.1) is 0 Å². The van der Waals surface area contributed by atoms with E-state index in [1.807, 2.05) is 32.7 Å². The number of nitrogens with zero attached hydrogens (tertiary/aromatic N) is 6. The average molecular weight is 688 g/mol. The number of carboxylic acids is 1. The van der Waals surface area contributed by atoms with Gasteiger partial charge in [0.2, 0.25) is 15.9 Å². The van der Waals surface area contributed by atoms with Crippen molar-refractivity contribution in [3.8, 4) is 22.4 Å². The molecule has 4 aromatic rings. The van der Waals surface area contributed by atoms with Gasteiger partial charge >= 0.3 is 12.1 Å². The lowest BCUT2D eigenvalue weighted by molar-refractivity contribution is -0.192. The summed E-state index contributed by atoms with van der Waals surface area (Å²) in [6.45, 7) is 3.23. The first kappa shape index (κ1) is 33.6. The van der Waals surface area contributed by atoms with Gasteiger partial charge in [0.15, 0.2) is 0 Å². The number of carbonyl (C=O) groups excluding carboxylic acids is 1. The van der Waals surface area contributed by atoms with Crippen molar-refractivity contribution in [2.75, 3.05) is 44.4 Å². The topological polar surface area (TPSA) is 145 Å². The fraction of sp³-hybridized carbons (Fsp3) is 0.438. The van der Waals surface area contributed by atoms with E-state index in [-0.39, 0.29) is 5.91 Å². The Balaban J connectivity index is 0.000000519. The van der Waals surface area contributed by atoms with Gasteiger partial charge in [0, 0.05) is 75.1 Å². The number of piperazine rings is 1. The minimum absolute atomic E-state index is 0.181. The van der Waals surface area contributed by atoms with E-state index in [1.165, 1.54) is 11.8 Å². The second-order valence-corrected chi connectivity index (χ2v) is 14.6. The number of carbonyl (C=O) groups is 2. The minimum Gasteiger partial charge on any atom is -0.475 e. The summed E-state index contributed by atoms with van der Waals surface area (Å²) in [5, 5.41) is 12.6. The maximum atomic E-state index is 13.7. The number of carboxylic acid groups (broad SMARTS) is 1. The normalized spacial score (nSPS) is 18.4. The molecule has 1 spiro atoms. The van der Waals surface area contributed by atoms with Crippen LogP contribution in [0.15, 0.2) is 42.9 Å². The molecule has 1 saturated heterocycles. The molecular weight excluding hydrogens is 651 g/mol. The standard InChI is InChI=1S/C30H35N7O3S.C2HF3O2/c1-34-19-22(16-32-34)27-24(21-8-6-20(7-9-21)18-36-12-14-37(15-13-36)41(3,39)40)25-26-23(17-31-28(25)33-27)35(2)29(38)30(26)10-4-5-11-30;3-2(4,5)1(6)7/h6-9,16-17,19H,4-5,10-15,18H2,1-3H3,(H,31,33);(H,6,7). The number of anilines is 1. The molecule has 2 N–H and O–H groups in total. The molecule has 2 aliphatic heterocycles. The number of hydrogen-bond acceptors (Lipinski definition) is 7. The zero-order valence-electron chi connectivity index (χ0n) is 26.7. The fourth-order valence-electron chi connectivity index (χ4n) is 7.17. The molecule has 1 saturated carbocycles. The number of H-pyrrole nitrogens is 1.